The third kappa shape index (κ3) is 7.17. The summed E-state index contributed by atoms with van der Waals surface area (Å²) in [6.07, 6.45) is 1.17. The van der Waals surface area contributed by atoms with E-state index < -0.39 is 22.1 Å². The summed E-state index contributed by atoms with van der Waals surface area (Å²) in [5, 5.41) is 8.71. The minimum atomic E-state index is -3.71. The van der Waals surface area contributed by atoms with Crippen LogP contribution in [0.5, 0.6) is 0 Å². The van der Waals surface area contributed by atoms with Gasteiger partial charge in [-0.15, -0.1) is 11.3 Å². The third-order valence-corrected chi connectivity index (χ3v) is 11.2. The first-order chi connectivity index (χ1) is 21.8. The van der Waals surface area contributed by atoms with Crippen LogP contribution in [0.3, 0.4) is 0 Å². The summed E-state index contributed by atoms with van der Waals surface area (Å²) < 4.78 is 28.8. The number of benzene rings is 3. The fourth-order valence-electron chi connectivity index (χ4n) is 5.89. The summed E-state index contributed by atoms with van der Waals surface area (Å²) in [5.74, 6) is -0.395. The average molecular weight is 664 g/mol. The number of fused-ring (bicyclic) bond motifs is 1. The highest BCUT2D eigenvalue weighted by Gasteiger charge is 2.33. The largest absolute Gasteiger partial charge is 0.366 e. The first-order valence-corrected chi connectivity index (χ1v) is 17.6. The highest BCUT2D eigenvalue weighted by molar-refractivity contribution is 7.94. The Balaban J connectivity index is 1.16. The Bertz CT molecular complexity index is 1760. The summed E-state index contributed by atoms with van der Waals surface area (Å²) in [6, 6.07) is 24.4. The molecule has 1 aromatic heterocycles. The van der Waals surface area contributed by atoms with Crippen LogP contribution in [0.15, 0.2) is 94.5 Å². The summed E-state index contributed by atoms with van der Waals surface area (Å²) >= 11 is 7.27. The van der Waals surface area contributed by atoms with Crippen molar-refractivity contribution in [3.63, 3.8) is 0 Å². The van der Waals surface area contributed by atoms with Crippen molar-refractivity contribution in [1.82, 2.24) is 15.5 Å². The molecule has 3 N–H and O–H groups in total. The Kier molecular flexibility index (Phi) is 9.41. The van der Waals surface area contributed by atoms with Gasteiger partial charge in [0, 0.05) is 44.2 Å². The molecule has 4 aromatic rings. The molecular weight excluding hydrogens is 630 g/mol. The summed E-state index contributed by atoms with van der Waals surface area (Å²) in [6.45, 7) is 2.52. The zero-order valence-corrected chi connectivity index (χ0v) is 26.9. The number of piperazine rings is 1. The number of nitrogens with one attached hydrogen (secondary N) is 3. The number of amides is 2. The van der Waals surface area contributed by atoms with Crippen LogP contribution < -0.4 is 20.3 Å². The van der Waals surface area contributed by atoms with Crippen LogP contribution in [0.1, 0.15) is 22.7 Å². The Labute approximate surface area is 272 Å². The third-order valence-electron chi connectivity index (χ3n) is 8.18. The van der Waals surface area contributed by atoms with Gasteiger partial charge in [0.15, 0.2) is 0 Å². The first kappa shape index (κ1) is 31.1. The van der Waals surface area contributed by atoms with E-state index >= 15 is 0 Å². The second-order valence-electron chi connectivity index (χ2n) is 11.1. The minimum Gasteiger partial charge on any atom is -0.366 e. The number of hydrogen-bond acceptors (Lipinski definition) is 7. The van der Waals surface area contributed by atoms with Crippen LogP contribution in [0.4, 0.5) is 11.4 Å². The number of anilines is 2. The number of halogens is 1. The highest BCUT2D eigenvalue weighted by atomic mass is 35.5. The summed E-state index contributed by atoms with van der Waals surface area (Å²) in [5.41, 5.74) is 4.18. The van der Waals surface area contributed by atoms with Crippen molar-refractivity contribution in [3.8, 4) is 0 Å². The monoisotopic (exact) mass is 663 g/mol. The topological polar surface area (TPSA) is 111 Å². The van der Waals surface area contributed by atoms with Crippen LogP contribution in [-0.4, -0.2) is 63.9 Å². The average Bonchev–Trinajstić information content (AvgIpc) is 3.62. The molecule has 0 spiro atoms. The van der Waals surface area contributed by atoms with Crippen molar-refractivity contribution in [1.29, 1.82) is 0 Å². The maximum absolute atomic E-state index is 14.0. The zero-order valence-electron chi connectivity index (χ0n) is 24.5. The van der Waals surface area contributed by atoms with Gasteiger partial charge in [0.25, 0.3) is 10.0 Å². The van der Waals surface area contributed by atoms with Crippen molar-refractivity contribution >= 4 is 56.2 Å². The standard InChI is InChI=1S/C33H34ClN5O4S2/c34-25-13-11-23(12-14-25)22-28(36-32(40)31-26-7-2-1-6-24(26)15-16-35-31)33(41)39-19-17-38(18-20-39)29-9-4-3-8-27(29)37-45(42,43)30-10-5-21-44-30/h1-14,21,28,31,35,37H,15-20,22H2,(H,36,40)/t28-,31?/m1/s1. The maximum Gasteiger partial charge on any atom is 0.271 e. The van der Waals surface area contributed by atoms with Crippen molar-refractivity contribution in [3.05, 3.63) is 112 Å². The molecule has 9 nitrogen and oxygen atoms in total. The molecule has 2 aliphatic heterocycles. The van der Waals surface area contributed by atoms with Gasteiger partial charge in [-0.05, 0) is 58.8 Å². The van der Waals surface area contributed by atoms with E-state index in [1.54, 1.807) is 46.7 Å². The van der Waals surface area contributed by atoms with Gasteiger partial charge in [-0.2, -0.15) is 0 Å². The van der Waals surface area contributed by atoms with E-state index in [4.69, 9.17) is 11.6 Å². The first-order valence-electron chi connectivity index (χ1n) is 14.8. The fourth-order valence-corrected chi connectivity index (χ4v) is 8.08. The van der Waals surface area contributed by atoms with Gasteiger partial charge in [0.05, 0.1) is 11.4 Å². The molecule has 12 heteroatoms. The van der Waals surface area contributed by atoms with Gasteiger partial charge in [-0.25, -0.2) is 8.42 Å². The fraction of sp³-hybridized carbons (Fsp3) is 0.273. The summed E-state index contributed by atoms with van der Waals surface area (Å²) in [4.78, 5) is 31.5. The van der Waals surface area contributed by atoms with Crippen LogP contribution in [0, 0.1) is 0 Å². The molecule has 2 atom stereocenters. The van der Waals surface area contributed by atoms with Gasteiger partial charge in [-0.3, -0.25) is 14.3 Å². The van der Waals surface area contributed by atoms with Crippen molar-refractivity contribution in [2.45, 2.75) is 29.1 Å². The maximum atomic E-state index is 14.0. The number of hydrogen-bond donors (Lipinski definition) is 3. The number of carbonyl (C=O) groups is 2. The molecule has 234 valence electrons. The molecule has 0 saturated carbocycles. The second kappa shape index (κ2) is 13.6. The van der Waals surface area contributed by atoms with Gasteiger partial charge < -0.3 is 20.4 Å². The van der Waals surface area contributed by atoms with E-state index in [-0.39, 0.29) is 16.0 Å². The molecule has 2 amide bonds. The number of carbonyl (C=O) groups excluding carboxylic acids is 2. The normalized spacial score (nSPS) is 17.3. The van der Waals surface area contributed by atoms with Gasteiger partial charge in [0.2, 0.25) is 11.8 Å². The quantitative estimate of drug-likeness (QED) is 0.244. The molecule has 0 bridgehead atoms. The molecule has 1 unspecified atom stereocenters. The molecular formula is C33H34ClN5O4S2. The molecule has 6 rings (SSSR count). The predicted octanol–water partition coefficient (Wildman–Crippen LogP) is 4.47. The van der Waals surface area contributed by atoms with E-state index in [0.29, 0.717) is 49.9 Å². The lowest BCUT2D eigenvalue weighted by molar-refractivity contribution is -0.137. The molecule has 1 fully saturated rings. The molecule has 0 radical (unpaired) electrons. The number of para-hydroxylation sites is 2. The lowest BCUT2D eigenvalue weighted by atomic mass is 9.93. The number of thiophene rings is 1. The van der Waals surface area contributed by atoms with Crippen molar-refractivity contribution < 1.29 is 18.0 Å². The Morgan fingerprint density at radius 1 is 0.933 bits per heavy atom. The van der Waals surface area contributed by atoms with E-state index in [2.05, 4.69) is 20.3 Å². The Morgan fingerprint density at radius 2 is 1.67 bits per heavy atom. The highest BCUT2D eigenvalue weighted by Crippen LogP contribution is 2.30. The van der Waals surface area contributed by atoms with Crippen LogP contribution in [0.2, 0.25) is 5.02 Å². The molecule has 0 aliphatic carbocycles. The van der Waals surface area contributed by atoms with Gasteiger partial charge in [0.1, 0.15) is 16.3 Å². The number of rotatable bonds is 9. The predicted molar refractivity (Wildman–Crippen MR) is 178 cm³/mol. The van der Waals surface area contributed by atoms with Gasteiger partial charge >= 0.3 is 0 Å². The minimum absolute atomic E-state index is 0.159. The molecule has 3 heterocycles. The summed E-state index contributed by atoms with van der Waals surface area (Å²) in [7, 11) is -3.71. The lowest BCUT2D eigenvalue weighted by Gasteiger charge is -2.38. The van der Waals surface area contributed by atoms with E-state index in [1.165, 1.54) is 0 Å². The number of nitrogens with zero attached hydrogens (tertiary/aromatic N) is 2. The number of sulfonamides is 1. The van der Waals surface area contributed by atoms with E-state index in [9.17, 15) is 18.0 Å². The smallest absolute Gasteiger partial charge is 0.271 e. The van der Waals surface area contributed by atoms with Gasteiger partial charge in [-0.1, -0.05) is 66.2 Å². The van der Waals surface area contributed by atoms with Crippen molar-refractivity contribution in [2.24, 2.45) is 0 Å². The zero-order chi connectivity index (χ0) is 31.4. The Hall–Kier alpha value is -3.90. The van der Waals surface area contributed by atoms with E-state index in [0.717, 1.165) is 40.1 Å². The van der Waals surface area contributed by atoms with Crippen LogP contribution in [-0.2, 0) is 32.5 Å². The Morgan fingerprint density at radius 3 is 2.42 bits per heavy atom. The molecule has 45 heavy (non-hydrogen) atoms. The molecule has 2 aliphatic rings. The van der Waals surface area contributed by atoms with Crippen LogP contribution in [0.25, 0.3) is 0 Å². The lowest BCUT2D eigenvalue weighted by Crippen LogP contribution is -2.57. The van der Waals surface area contributed by atoms with E-state index in [1.807, 2.05) is 48.5 Å². The molecule has 1 saturated heterocycles. The molecule has 3 aromatic carbocycles. The van der Waals surface area contributed by atoms with Crippen LogP contribution >= 0.6 is 22.9 Å². The second-order valence-corrected chi connectivity index (χ2v) is 14.4. The SMILES string of the molecule is O=C(N[C@H](Cc1ccc(Cl)cc1)C(=O)N1CCN(c2ccccc2NS(=O)(=O)c2cccs2)CC1)C1NCCc2ccccc21. The van der Waals surface area contributed by atoms with Crippen molar-refractivity contribution in [2.75, 3.05) is 42.3 Å².